The lowest BCUT2D eigenvalue weighted by atomic mass is 9.93. The van der Waals surface area contributed by atoms with E-state index in [9.17, 15) is 0 Å². The Labute approximate surface area is 139 Å². The molecule has 0 aliphatic carbocycles. The molecule has 0 aliphatic rings. The molecule has 0 heterocycles. The summed E-state index contributed by atoms with van der Waals surface area (Å²) in [5, 5.41) is 0. The second kappa shape index (κ2) is 7.28. The van der Waals surface area contributed by atoms with E-state index in [2.05, 4.69) is 86.6 Å². The lowest BCUT2D eigenvalue weighted by Crippen LogP contribution is -1.98. The Balaban J connectivity index is 1.83. The Morgan fingerprint density at radius 2 is 1.30 bits per heavy atom. The molecule has 0 N–H and O–H groups in total. The third-order valence-electron chi connectivity index (χ3n) is 4.54. The minimum atomic E-state index is 1.02. The van der Waals surface area contributed by atoms with Gasteiger partial charge < -0.3 is 0 Å². The van der Waals surface area contributed by atoms with Crippen molar-refractivity contribution in [2.75, 3.05) is 0 Å². The highest BCUT2D eigenvalue weighted by Gasteiger charge is 2.06. The first kappa shape index (κ1) is 15.6. The van der Waals surface area contributed by atoms with Gasteiger partial charge in [-0.05, 0) is 59.6 Å². The highest BCUT2D eigenvalue weighted by Crippen LogP contribution is 2.20. The molecule has 3 aromatic rings. The van der Waals surface area contributed by atoms with Crippen LogP contribution in [-0.4, -0.2) is 0 Å². The highest BCUT2D eigenvalue weighted by atomic mass is 14.1. The van der Waals surface area contributed by atoms with Gasteiger partial charge in [-0.3, -0.25) is 0 Å². The van der Waals surface area contributed by atoms with Crippen molar-refractivity contribution in [1.82, 2.24) is 0 Å². The Kier molecular flexibility index (Phi) is 4.92. The van der Waals surface area contributed by atoms with E-state index in [-0.39, 0.29) is 0 Å². The van der Waals surface area contributed by atoms with E-state index in [0.717, 1.165) is 19.3 Å². The Morgan fingerprint density at radius 1 is 0.609 bits per heavy atom. The smallest absolute Gasteiger partial charge is 0.00230 e. The summed E-state index contributed by atoms with van der Waals surface area (Å²) in [6.07, 6.45) is 3.13. The molecule has 0 saturated heterocycles. The minimum Gasteiger partial charge on any atom is -0.0622 e. The van der Waals surface area contributed by atoms with E-state index in [1.165, 1.54) is 33.4 Å². The van der Waals surface area contributed by atoms with Crippen molar-refractivity contribution in [2.24, 2.45) is 0 Å². The van der Waals surface area contributed by atoms with Gasteiger partial charge in [0.1, 0.15) is 0 Å². The second-order valence-corrected chi connectivity index (χ2v) is 6.22. The summed E-state index contributed by atoms with van der Waals surface area (Å²) in [7, 11) is 0. The van der Waals surface area contributed by atoms with Gasteiger partial charge >= 0.3 is 0 Å². The molecule has 0 nitrogen and oxygen atoms in total. The third-order valence-corrected chi connectivity index (χ3v) is 4.54. The third kappa shape index (κ3) is 3.90. The molecule has 0 saturated carbocycles. The van der Waals surface area contributed by atoms with Gasteiger partial charge in [-0.25, -0.2) is 0 Å². The van der Waals surface area contributed by atoms with Crippen molar-refractivity contribution in [1.29, 1.82) is 0 Å². The molecule has 3 aromatic carbocycles. The van der Waals surface area contributed by atoms with Gasteiger partial charge in [-0.2, -0.15) is 0 Å². The summed E-state index contributed by atoms with van der Waals surface area (Å²) in [4.78, 5) is 0. The van der Waals surface area contributed by atoms with Crippen molar-refractivity contribution in [3.05, 3.63) is 106 Å². The first-order valence-electron chi connectivity index (χ1n) is 8.45. The van der Waals surface area contributed by atoms with E-state index >= 15 is 0 Å². The molecule has 3 rings (SSSR count). The first-order chi connectivity index (χ1) is 11.3. The van der Waals surface area contributed by atoms with Gasteiger partial charge in [0.25, 0.3) is 0 Å². The molecule has 23 heavy (non-hydrogen) atoms. The van der Waals surface area contributed by atoms with Crippen molar-refractivity contribution < 1.29 is 0 Å². The molecule has 0 radical (unpaired) electrons. The van der Waals surface area contributed by atoms with E-state index in [1.54, 1.807) is 0 Å². The first-order valence-corrected chi connectivity index (χ1v) is 8.45. The number of benzene rings is 3. The summed E-state index contributed by atoms with van der Waals surface area (Å²) < 4.78 is 0. The molecule has 0 aliphatic heterocycles. The molecule has 0 fully saturated rings. The van der Waals surface area contributed by atoms with Crippen LogP contribution in [0.2, 0.25) is 0 Å². The number of hydrogen-bond acceptors (Lipinski definition) is 0. The lowest BCUT2D eigenvalue weighted by molar-refractivity contribution is 1.04. The van der Waals surface area contributed by atoms with Crippen LogP contribution in [0.4, 0.5) is 0 Å². The molecule has 0 heteroatoms. The maximum Gasteiger partial charge on any atom is -0.00230 e. The van der Waals surface area contributed by atoms with E-state index < -0.39 is 0 Å². The standard InChI is InChI=1S/C23H24/c1-3-21-16-20(17-22-12-8-7-9-18(22)2)13-14-23(21)15-19-10-5-4-6-11-19/h4-14,16H,3,15,17H2,1-2H3. The zero-order chi connectivity index (χ0) is 16.1. The predicted molar refractivity (Wildman–Crippen MR) is 99.1 cm³/mol. The fraction of sp³-hybridized carbons (Fsp3) is 0.217. The average molecular weight is 300 g/mol. The van der Waals surface area contributed by atoms with Crippen LogP contribution in [0.15, 0.2) is 72.8 Å². The summed E-state index contributed by atoms with van der Waals surface area (Å²) in [5.41, 5.74) is 8.51. The Morgan fingerprint density at radius 3 is 2.04 bits per heavy atom. The van der Waals surface area contributed by atoms with E-state index in [0.29, 0.717) is 0 Å². The molecule has 0 bridgehead atoms. The van der Waals surface area contributed by atoms with Crippen molar-refractivity contribution in [3.8, 4) is 0 Å². The van der Waals surface area contributed by atoms with E-state index in [4.69, 9.17) is 0 Å². The average Bonchev–Trinajstić information content (AvgIpc) is 2.59. The predicted octanol–water partition coefficient (Wildman–Crippen LogP) is 5.74. The summed E-state index contributed by atoms with van der Waals surface area (Å²) in [6, 6.07) is 26.4. The van der Waals surface area contributed by atoms with Gasteiger partial charge in [-0.1, -0.05) is 79.7 Å². The van der Waals surface area contributed by atoms with Crippen LogP contribution in [0.3, 0.4) is 0 Å². The van der Waals surface area contributed by atoms with Gasteiger partial charge in [0.05, 0.1) is 0 Å². The van der Waals surface area contributed by atoms with Gasteiger partial charge in [0, 0.05) is 0 Å². The summed E-state index contributed by atoms with van der Waals surface area (Å²) in [5.74, 6) is 0. The van der Waals surface area contributed by atoms with Crippen LogP contribution in [0, 0.1) is 6.92 Å². The molecule has 0 unspecified atom stereocenters. The largest absolute Gasteiger partial charge is 0.0622 e. The fourth-order valence-corrected chi connectivity index (χ4v) is 3.13. The maximum absolute atomic E-state index is 2.39. The molecule has 0 amide bonds. The quantitative estimate of drug-likeness (QED) is 0.563. The Hall–Kier alpha value is -2.34. The topological polar surface area (TPSA) is 0 Å². The summed E-state index contributed by atoms with van der Waals surface area (Å²) in [6.45, 7) is 4.45. The number of rotatable bonds is 5. The zero-order valence-electron chi connectivity index (χ0n) is 14.0. The second-order valence-electron chi connectivity index (χ2n) is 6.22. The number of hydrogen-bond donors (Lipinski definition) is 0. The Bertz CT molecular complexity index is 769. The molecule has 0 atom stereocenters. The molecule has 0 aromatic heterocycles. The van der Waals surface area contributed by atoms with Crippen LogP contribution in [0.25, 0.3) is 0 Å². The highest BCUT2D eigenvalue weighted by molar-refractivity contribution is 5.39. The van der Waals surface area contributed by atoms with Gasteiger partial charge in [0.15, 0.2) is 0 Å². The van der Waals surface area contributed by atoms with Gasteiger partial charge in [-0.15, -0.1) is 0 Å². The monoisotopic (exact) mass is 300 g/mol. The summed E-state index contributed by atoms with van der Waals surface area (Å²) >= 11 is 0. The fourth-order valence-electron chi connectivity index (χ4n) is 3.13. The van der Waals surface area contributed by atoms with Crippen LogP contribution in [0.5, 0.6) is 0 Å². The van der Waals surface area contributed by atoms with Crippen LogP contribution in [-0.2, 0) is 19.3 Å². The number of aryl methyl sites for hydroxylation is 2. The van der Waals surface area contributed by atoms with Crippen molar-refractivity contribution in [3.63, 3.8) is 0 Å². The normalized spacial score (nSPS) is 10.7. The van der Waals surface area contributed by atoms with Crippen molar-refractivity contribution >= 4 is 0 Å². The van der Waals surface area contributed by atoms with Crippen molar-refractivity contribution in [2.45, 2.75) is 33.1 Å². The molecular weight excluding hydrogens is 276 g/mol. The molecule has 116 valence electrons. The SMILES string of the molecule is CCc1cc(Cc2ccccc2C)ccc1Cc1ccccc1. The zero-order valence-corrected chi connectivity index (χ0v) is 14.0. The van der Waals surface area contributed by atoms with Crippen LogP contribution >= 0.6 is 0 Å². The van der Waals surface area contributed by atoms with Crippen LogP contribution in [0.1, 0.15) is 40.3 Å². The minimum absolute atomic E-state index is 1.02. The lowest BCUT2D eigenvalue weighted by Gasteiger charge is -2.12. The van der Waals surface area contributed by atoms with Gasteiger partial charge in [0.2, 0.25) is 0 Å². The molecular formula is C23H24. The van der Waals surface area contributed by atoms with E-state index in [1.807, 2.05) is 0 Å². The maximum atomic E-state index is 2.39. The molecule has 0 spiro atoms. The van der Waals surface area contributed by atoms with Crippen LogP contribution < -0.4 is 0 Å².